The first kappa shape index (κ1) is 16.2. The Hall–Kier alpha value is -2.16. The summed E-state index contributed by atoms with van der Waals surface area (Å²) in [7, 11) is 0. The normalized spacial score (nSPS) is 12.1. The van der Waals surface area contributed by atoms with Gasteiger partial charge in [-0.25, -0.2) is 0 Å². The Morgan fingerprint density at radius 2 is 1.82 bits per heavy atom. The van der Waals surface area contributed by atoms with Gasteiger partial charge in [0, 0.05) is 24.9 Å². The van der Waals surface area contributed by atoms with Crippen molar-refractivity contribution in [3.05, 3.63) is 66.0 Å². The lowest BCUT2D eigenvalue weighted by Gasteiger charge is -2.17. The zero-order chi connectivity index (χ0) is 15.8. The van der Waals surface area contributed by atoms with Gasteiger partial charge in [-0.3, -0.25) is 9.78 Å². The molecule has 0 saturated heterocycles. The molecule has 1 amide bonds. The van der Waals surface area contributed by atoms with E-state index in [0.717, 1.165) is 24.2 Å². The van der Waals surface area contributed by atoms with Crippen LogP contribution in [0.15, 0.2) is 54.7 Å². The third-order valence-corrected chi connectivity index (χ3v) is 3.68. The molecule has 1 aromatic carbocycles. The van der Waals surface area contributed by atoms with Crippen molar-refractivity contribution in [3.63, 3.8) is 0 Å². The van der Waals surface area contributed by atoms with Crippen LogP contribution in [0.1, 0.15) is 37.4 Å². The number of nitrogens with zero attached hydrogens (tertiary/aromatic N) is 1. The fourth-order valence-corrected chi connectivity index (χ4v) is 2.38. The maximum atomic E-state index is 12.6. The SMILES string of the molecule is CC(C)CCNC(=O)C(Cc1ccccn1)c1ccccc1. The highest BCUT2D eigenvalue weighted by Crippen LogP contribution is 2.20. The van der Waals surface area contributed by atoms with E-state index in [1.165, 1.54) is 0 Å². The Morgan fingerprint density at radius 1 is 1.09 bits per heavy atom. The van der Waals surface area contributed by atoms with Crippen molar-refractivity contribution in [2.24, 2.45) is 5.92 Å². The Labute approximate surface area is 132 Å². The molecule has 2 rings (SSSR count). The Morgan fingerprint density at radius 3 is 2.45 bits per heavy atom. The van der Waals surface area contributed by atoms with Crippen LogP contribution in [0.4, 0.5) is 0 Å². The van der Waals surface area contributed by atoms with Crippen LogP contribution in [0.2, 0.25) is 0 Å². The lowest BCUT2D eigenvalue weighted by atomic mass is 9.93. The minimum absolute atomic E-state index is 0.0810. The molecule has 0 spiro atoms. The molecule has 0 aliphatic rings. The van der Waals surface area contributed by atoms with E-state index in [1.807, 2.05) is 48.5 Å². The summed E-state index contributed by atoms with van der Waals surface area (Å²) in [6, 6.07) is 15.8. The van der Waals surface area contributed by atoms with Gasteiger partial charge in [-0.05, 0) is 30.0 Å². The molecule has 0 radical (unpaired) electrons. The molecule has 22 heavy (non-hydrogen) atoms. The van der Waals surface area contributed by atoms with Crippen molar-refractivity contribution in [1.82, 2.24) is 10.3 Å². The number of hydrogen-bond donors (Lipinski definition) is 1. The Bertz CT molecular complexity index is 567. The fourth-order valence-electron chi connectivity index (χ4n) is 2.38. The first-order valence-electron chi connectivity index (χ1n) is 7.89. The molecule has 0 saturated carbocycles. The average Bonchev–Trinajstić information content (AvgIpc) is 2.54. The van der Waals surface area contributed by atoms with E-state index in [1.54, 1.807) is 6.20 Å². The monoisotopic (exact) mass is 296 g/mol. The van der Waals surface area contributed by atoms with Gasteiger partial charge < -0.3 is 5.32 Å². The molecule has 1 aromatic heterocycles. The van der Waals surface area contributed by atoms with E-state index in [0.29, 0.717) is 12.3 Å². The summed E-state index contributed by atoms with van der Waals surface area (Å²) in [6.07, 6.45) is 3.39. The van der Waals surface area contributed by atoms with E-state index in [4.69, 9.17) is 0 Å². The number of hydrogen-bond acceptors (Lipinski definition) is 2. The second-order valence-corrected chi connectivity index (χ2v) is 5.96. The van der Waals surface area contributed by atoms with Crippen molar-refractivity contribution < 1.29 is 4.79 Å². The number of aromatic nitrogens is 1. The number of amides is 1. The van der Waals surface area contributed by atoms with Gasteiger partial charge in [0.2, 0.25) is 5.91 Å². The number of nitrogens with one attached hydrogen (secondary N) is 1. The van der Waals surface area contributed by atoms with Crippen LogP contribution in [0.25, 0.3) is 0 Å². The van der Waals surface area contributed by atoms with E-state index < -0.39 is 0 Å². The first-order chi connectivity index (χ1) is 10.7. The summed E-state index contributed by atoms with van der Waals surface area (Å²) in [5.74, 6) is 0.479. The number of carbonyl (C=O) groups excluding carboxylic acids is 1. The van der Waals surface area contributed by atoms with Crippen LogP contribution in [-0.4, -0.2) is 17.4 Å². The minimum atomic E-state index is -0.191. The zero-order valence-corrected chi connectivity index (χ0v) is 13.3. The number of benzene rings is 1. The highest BCUT2D eigenvalue weighted by molar-refractivity contribution is 5.83. The smallest absolute Gasteiger partial charge is 0.227 e. The standard InChI is InChI=1S/C19H24N2O/c1-15(2)11-13-21-19(22)18(16-8-4-3-5-9-16)14-17-10-6-7-12-20-17/h3-10,12,15,18H,11,13-14H2,1-2H3,(H,21,22). The number of pyridine rings is 1. The Balaban J connectivity index is 2.10. The summed E-state index contributed by atoms with van der Waals surface area (Å²) in [4.78, 5) is 16.9. The summed E-state index contributed by atoms with van der Waals surface area (Å²) in [6.45, 7) is 5.05. The van der Waals surface area contributed by atoms with Gasteiger partial charge in [0.1, 0.15) is 0 Å². The van der Waals surface area contributed by atoms with E-state index in [9.17, 15) is 4.79 Å². The molecule has 1 heterocycles. The minimum Gasteiger partial charge on any atom is -0.356 e. The Kier molecular flexibility index (Phi) is 6.13. The molecule has 0 aliphatic carbocycles. The maximum Gasteiger partial charge on any atom is 0.227 e. The number of rotatable bonds is 7. The van der Waals surface area contributed by atoms with E-state index in [-0.39, 0.29) is 11.8 Å². The molecular formula is C19H24N2O. The molecule has 1 N–H and O–H groups in total. The molecular weight excluding hydrogens is 272 g/mol. The molecule has 0 fully saturated rings. The maximum absolute atomic E-state index is 12.6. The highest BCUT2D eigenvalue weighted by atomic mass is 16.1. The third kappa shape index (κ3) is 4.99. The lowest BCUT2D eigenvalue weighted by molar-refractivity contribution is -0.122. The van der Waals surface area contributed by atoms with Crippen molar-refractivity contribution in [1.29, 1.82) is 0 Å². The molecule has 0 aliphatic heterocycles. The van der Waals surface area contributed by atoms with Crippen LogP contribution < -0.4 is 5.32 Å². The summed E-state index contributed by atoms with van der Waals surface area (Å²) in [5.41, 5.74) is 1.98. The van der Waals surface area contributed by atoms with Gasteiger partial charge >= 0.3 is 0 Å². The molecule has 3 heteroatoms. The molecule has 1 atom stereocenters. The highest BCUT2D eigenvalue weighted by Gasteiger charge is 2.21. The quantitative estimate of drug-likeness (QED) is 0.848. The predicted molar refractivity (Wildman–Crippen MR) is 89.6 cm³/mol. The van der Waals surface area contributed by atoms with Crippen molar-refractivity contribution in [3.8, 4) is 0 Å². The van der Waals surface area contributed by atoms with Crippen LogP contribution >= 0.6 is 0 Å². The second kappa shape index (κ2) is 8.32. The lowest BCUT2D eigenvalue weighted by Crippen LogP contribution is -2.32. The third-order valence-electron chi connectivity index (χ3n) is 3.68. The van der Waals surface area contributed by atoms with Crippen LogP contribution in [0.3, 0.4) is 0 Å². The van der Waals surface area contributed by atoms with Crippen molar-refractivity contribution in [2.45, 2.75) is 32.6 Å². The van der Waals surface area contributed by atoms with Gasteiger partial charge in [0.25, 0.3) is 0 Å². The van der Waals surface area contributed by atoms with E-state index >= 15 is 0 Å². The molecule has 2 aromatic rings. The first-order valence-corrected chi connectivity index (χ1v) is 7.89. The van der Waals surface area contributed by atoms with Crippen LogP contribution in [-0.2, 0) is 11.2 Å². The summed E-state index contributed by atoms with van der Waals surface area (Å²) in [5, 5.41) is 3.07. The molecule has 0 bridgehead atoms. The van der Waals surface area contributed by atoms with Crippen molar-refractivity contribution >= 4 is 5.91 Å². The van der Waals surface area contributed by atoms with Crippen molar-refractivity contribution in [2.75, 3.05) is 6.54 Å². The van der Waals surface area contributed by atoms with E-state index in [2.05, 4.69) is 24.1 Å². The zero-order valence-electron chi connectivity index (χ0n) is 13.3. The van der Waals surface area contributed by atoms with Gasteiger partial charge in [-0.2, -0.15) is 0 Å². The van der Waals surface area contributed by atoms with Gasteiger partial charge in [-0.1, -0.05) is 50.2 Å². The van der Waals surface area contributed by atoms with Gasteiger partial charge in [0.15, 0.2) is 0 Å². The van der Waals surface area contributed by atoms with Crippen LogP contribution in [0.5, 0.6) is 0 Å². The molecule has 3 nitrogen and oxygen atoms in total. The fraction of sp³-hybridized carbons (Fsp3) is 0.368. The molecule has 116 valence electrons. The molecule has 1 unspecified atom stereocenters. The summed E-state index contributed by atoms with van der Waals surface area (Å²) >= 11 is 0. The van der Waals surface area contributed by atoms with Gasteiger partial charge in [-0.15, -0.1) is 0 Å². The van der Waals surface area contributed by atoms with Crippen LogP contribution in [0, 0.1) is 5.92 Å². The largest absolute Gasteiger partial charge is 0.356 e. The number of carbonyl (C=O) groups is 1. The predicted octanol–water partition coefficient (Wildman–Crippen LogP) is 3.57. The average molecular weight is 296 g/mol. The second-order valence-electron chi connectivity index (χ2n) is 5.96. The topological polar surface area (TPSA) is 42.0 Å². The summed E-state index contributed by atoms with van der Waals surface area (Å²) < 4.78 is 0. The van der Waals surface area contributed by atoms with Gasteiger partial charge in [0.05, 0.1) is 5.92 Å².